The molecule has 2 rings (SSSR count). The molecule has 1 aromatic rings. The highest BCUT2D eigenvalue weighted by molar-refractivity contribution is 6.31. The largest absolute Gasteiger partial charge is 0.390 e. The van der Waals surface area contributed by atoms with Crippen LogP contribution in [0.5, 0.6) is 0 Å². The minimum atomic E-state index is -0.439. The molecule has 0 aromatic heterocycles. The third kappa shape index (κ3) is 1.62. The molecule has 0 bridgehead atoms. The Morgan fingerprint density at radius 3 is 2.58 bits per heavy atom. The fourth-order valence-electron chi connectivity index (χ4n) is 1.32. The van der Waals surface area contributed by atoms with Gasteiger partial charge in [0.2, 0.25) is 0 Å². The molecule has 1 aliphatic carbocycles. The maximum absolute atomic E-state index is 9.65. The normalized spacial score (nSPS) is 19.2. The van der Waals surface area contributed by atoms with E-state index >= 15 is 0 Å². The van der Waals surface area contributed by atoms with E-state index in [1.165, 1.54) is 0 Å². The Balaban J connectivity index is 2.17. The van der Waals surface area contributed by atoms with Crippen LogP contribution >= 0.6 is 11.6 Å². The van der Waals surface area contributed by atoms with Crippen molar-refractivity contribution in [2.24, 2.45) is 0 Å². The van der Waals surface area contributed by atoms with Crippen LogP contribution in [0.1, 0.15) is 18.4 Å². The highest BCUT2D eigenvalue weighted by Crippen LogP contribution is 2.39. The molecule has 0 atom stereocenters. The van der Waals surface area contributed by atoms with Gasteiger partial charge in [0, 0.05) is 11.4 Å². The van der Waals surface area contributed by atoms with Gasteiger partial charge in [-0.2, -0.15) is 0 Å². The van der Waals surface area contributed by atoms with Gasteiger partial charge in [-0.1, -0.05) is 29.8 Å². The lowest BCUT2D eigenvalue weighted by Crippen LogP contribution is -2.10. The zero-order valence-electron chi connectivity index (χ0n) is 6.76. The van der Waals surface area contributed by atoms with Gasteiger partial charge in [-0.3, -0.25) is 0 Å². The van der Waals surface area contributed by atoms with E-state index < -0.39 is 5.60 Å². The maximum atomic E-state index is 9.65. The van der Waals surface area contributed by atoms with Gasteiger partial charge in [0.05, 0.1) is 5.60 Å². The van der Waals surface area contributed by atoms with Gasteiger partial charge in [-0.05, 0) is 24.5 Å². The molecule has 2 heteroatoms. The van der Waals surface area contributed by atoms with E-state index in [2.05, 4.69) is 0 Å². The molecule has 1 saturated carbocycles. The molecule has 0 amide bonds. The smallest absolute Gasteiger partial charge is 0.0690 e. The Morgan fingerprint density at radius 2 is 2.00 bits per heavy atom. The summed E-state index contributed by atoms with van der Waals surface area (Å²) in [6.45, 7) is 0. The zero-order chi connectivity index (χ0) is 8.60. The second kappa shape index (κ2) is 2.75. The van der Waals surface area contributed by atoms with Gasteiger partial charge in [0.15, 0.2) is 0 Å². The van der Waals surface area contributed by atoms with Crippen molar-refractivity contribution in [1.29, 1.82) is 0 Å². The van der Waals surface area contributed by atoms with E-state index in [0.29, 0.717) is 6.42 Å². The summed E-state index contributed by atoms with van der Waals surface area (Å²) in [4.78, 5) is 0. The number of hydrogen-bond donors (Lipinski definition) is 1. The first kappa shape index (κ1) is 8.09. The summed E-state index contributed by atoms with van der Waals surface area (Å²) in [6, 6.07) is 7.69. The fourth-order valence-corrected chi connectivity index (χ4v) is 1.52. The first-order valence-corrected chi connectivity index (χ1v) is 4.53. The molecule has 0 heterocycles. The molecule has 1 aromatic carbocycles. The number of benzene rings is 1. The quantitative estimate of drug-likeness (QED) is 0.745. The van der Waals surface area contributed by atoms with Crippen molar-refractivity contribution in [3.05, 3.63) is 34.9 Å². The molecule has 0 unspecified atom stereocenters. The van der Waals surface area contributed by atoms with E-state index in [-0.39, 0.29) is 0 Å². The fraction of sp³-hybridized carbons (Fsp3) is 0.400. The monoisotopic (exact) mass is 182 g/mol. The van der Waals surface area contributed by atoms with Crippen LogP contribution in [0.15, 0.2) is 24.3 Å². The molecule has 64 valence electrons. The molecular formula is C10H11ClO. The van der Waals surface area contributed by atoms with Crippen LogP contribution in [0.4, 0.5) is 0 Å². The van der Waals surface area contributed by atoms with E-state index in [1.807, 2.05) is 24.3 Å². The predicted octanol–water partition coefficient (Wildman–Crippen LogP) is 2.41. The minimum absolute atomic E-state index is 0.439. The van der Waals surface area contributed by atoms with E-state index in [9.17, 15) is 5.11 Å². The molecule has 1 nitrogen and oxygen atoms in total. The lowest BCUT2D eigenvalue weighted by Gasteiger charge is -2.08. The first-order chi connectivity index (χ1) is 5.70. The summed E-state index contributed by atoms with van der Waals surface area (Å²) >= 11 is 5.95. The number of aliphatic hydroxyl groups is 1. The summed E-state index contributed by atoms with van der Waals surface area (Å²) in [5.41, 5.74) is 0.615. The summed E-state index contributed by atoms with van der Waals surface area (Å²) in [6.07, 6.45) is 2.53. The standard InChI is InChI=1S/C10H11ClO/c11-9-4-2-1-3-8(9)7-10(12)5-6-10/h1-4,12H,5-7H2. The second-order valence-electron chi connectivity index (χ2n) is 3.49. The highest BCUT2D eigenvalue weighted by atomic mass is 35.5. The van der Waals surface area contributed by atoms with Gasteiger partial charge >= 0.3 is 0 Å². The van der Waals surface area contributed by atoms with Crippen LogP contribution in [-0.4, -0.2) is 10.7 Å². The van der Waals surface area contributed by atoms with Crippen LogP contribution in [0.3, 0.4) is 0 Å². The van der Waals surface area contributed by atoms with Gasteiger partial charge in [-0.25, -0.2) is 0 Å². The average molecular weight is 183 g/mol. The Labute approximate surface area is 77.0 Å². The lowest BCUT2D eigenvalue weighted by molar-refractivity contribution is 0.151. The Kier molecular flexibility index (Phi) is 1.85. The third-order valence-electron chi connectivity index (χ3n) is 2.30. The summed E-state index contributed by atoms with van der Waals surface area (Å²) in [5.74, 6) is 0. The molecule has 1 aliphatic rings. The van der Waals surface area contributed by atoms with Crippen molar-refractivity contribution in [2.75, 3.05) is 0 Å². The topological polar surface area (TPSA) is 20.2 Å². The zero-order valence-corrected chi connectivity index (χ0v) is 7.51. The first-order valence-electron chi connectivity index (χ1n) is 4.15. The Morgan fingerprint density at radius 1 is 1.33 bits per heavy atom. The molecule has 12 heavy (non-hydrogen) atoms. The van der Waals surface area contributed by atoms with Gasteiger partial charge < -0.3 is 5.11 Å². The number of rotatable bonds is 2. The van der Waals surface area contributed by atoms with Crippen molar-refractivity contribution in [1.82, 2.24) is 0 Å². The molecule has 1 fully saturated rings. The molecule has 0 spiro atoms. The van der Waals surface area contributed by atoms with Crippen molar-refractivity contribution < 1.29 is 5.11 Å². The van der Waals surface area contributed by atoms with Gasteiger partial charge in [0.25, 0.3) is 0 Å². The Bertz CT molecular complexity index is 292. The van der Waals surface area contributed by atoms with Crippen molar-refractivity contribution >= 4 is 11.6 Å². The Hall–Kier alpha value is -0.530. The van der Waals surface area contributed by atoms with Crippen LogP contribution in [0.2, 0.25) is 5.02 Å². The highest BCUT2D eigenvalue weighted by Gasteiger charge is 2.40. The summed E-state index contributed by atoms with van der Waals surface area (Å²) in [7, 11) is 0. The van der Waals surface area contributed by atoms with E-state index in [4.69, 9.17) is 11.6 Å². The molecule has 0 saturated heterocycles. The maximum Gasteiger partial charge on any atom is 0.0690 e. The summed E-state index contributed by atoms with van der Waals surface area (Å²) in [5, 5.41) is 10.4. The van der Waals surface area contributed by atoms with Crippen LogP contribution < -0.4 is 0 Å². The molecule has 0 aliphatic heterocycles. The predicted molar refractivity (Wildman–Crippen MR) is 49.3 cm³/mol. The van der Waals surface area contributed by atoms with Crippen molar-refractivity contribution in [2.45, 2.75) is 24.9 Å². The number of hydrogen-bond acceptors (Lipinski definition) is 1. The van der Waals surface area contributed by atoms with Crippen LogP contribution in [0, 0.1) is 0 Å². The average Bonchev–Trinajstić information content (AvgIpc) is 2.74. The molecule has 0 radical (unpaired) electrons. The van der Waals surface area contributed by atoms with Gasteiger partial charge in [-0.15, -0.1) is 0 Å². The van der Waals surface area contributed by atoms with Crippen LogP contribution in [-0.2, 0) is 6.42 Å². The molecule has 1 N–H and O–H groups in total. The lowest BCUT2D eigenvalue weighted by atomic mass is 10.1. The third-order valence-corrected chi connectivity index (χ3v) is 2.67. The SMILES string of the molecule is OC1(Cc2ccccc2Cl)CC1. The van der Waals surface area contributed by atoms with E-state index in [0.717, 1.165) is 23.4 Å². The van der Waals surface area contributed by atoms with Crippen molar-refractivity contribution in [3.63, 3.8) is 0 Å². The van der Waals surface area contributed by atoms with Crippen molar-refractivity contribution in [3.8, 4) is 0 Å². The minimum Gasteiger partial charge on any atom is -0.390 e. The summed E-state index contributed by atoms with van der Waals surface area (Å²) < 4.78 is 0. The van der Waals surface area contributed by atoms with Gasteiger partial charge in [0.1, 0.15) is 0 Å². The second-order valence-corrected chi connectivity index (χ2v) is 3.90. The number of halogens is 1. The van der Waals surface area contributed by atoms with E-state index in [1.54, 1.807) is 0 Å². The van der Waals surface area contributed by atoms with Crippen LogP contribution in [0.25, 0.3) is 0 Å². The molecular weight excluding hydrogens is 172 g/mol.